The lowest BCUT2D eigenvalue weighted by molar-refractivity contribution is 0.0957. The normalized spacial score (nSPS) is 16.3. The third-order valence-corrected chi connectivity index (χ3v) is 8.20. The summed E-state index contributed by atoms with van der Waals surface area (Å²) in [4.78, 5) is 14.2. The molecule has 3 aromatic rings. The van der Waals surface area contributed by atoms with Crippen molar-refractivity contribution in [1.29, 1.82) is 0 Å². The van der Waals surface area contributed by atoms with E-state index in [0.717, 1.165) is 65.4 Å². The van der Waals surface area contributed by atoms with Crippen LogP contribution in [0.3, 0.4) is 0 Å². The van der Waals surface area contributed by atoms with E-state index >= 15 is 0 Å². The summed E-state index contributed by atoms with van der Waals surface area (Å²) in [5.74, 6) is 0.503. The average Bonchev–Trinajstić information content (AvgIpc) is 3.53. The predicted molar refractivity (Wildman–Crippen MR) is 124 cm³/mol. The first-order valence-corrected chi connectivity index (χ1v) is 12.8. The maximum atomic E-state index is 12.8. The van der Waals surface area contributed by atoms with Crippen molar-refractivity contribution in [2.24, 2.45) is 0 Å². The number of thiophene rings is 1. The van der Waals surface area contributed by atoms with E-state index in [-0.39, 0.29) is 11.9 Å². The maximum absolute atomic E-state index is 12.8. The molecular formula is C21H26N4O2S3. The molecule has 1 aliphatic heterocycles. The van der Waals surface area contributed by atoms with Crippen LogP contribution in [0.1, 0.15) is 39.5 Å². The van der Waals surface area contributed by atoms with E-state index in [1.807, 2.05) is 13.0 Å². The first kappa shape index (κ1) is 21.5. The highest BCUT2D eigenvalue weighted by atomic mass is 32.2. The molecule has 160 valence electrons. The van der Waals surface area contributed by atoms with Crippen LogP contribution in [-0.2, 0) is 17.7 Å². The van der Waals surface area contributed by atoms with E-state index in [1.165, 1.54) is 28.0 Å². The number of carbonyl (C=O) groups excluding carboxylic acids is 1. The van der Waals surface area contributed by atoms with Crippen LogP contribution in [-0.4, -0.2) is 45.6 Å². The van der Waals surface area contributed by atoms with Crippen LogP contribution in [0.5, 0.6) is 0 Å². The Morgan fingerprint density at radius 1 is 1.40 bits per heavy atom. The van der Waals surface area contributed by atoms with Crippen molar-refractivity contribution < 1.29 is 9.53 Å². The van der Waals surface area contributed by atoms with E-state index in [0.29, 0.717) is 5.75 Å². The summed E-state index contributed by atoms with van der Waals surface area (Å²) in [7, 11) is 0. The molecule has 1 N–H and O–H groups in total. The molecule has 0 saturated carbocycles. The van der Waals surface area contributed by atoms with Gasteiger partial charge in [-0.3, -0.25) is 4.79 Å². The van der Waals surface area contributed by atoms with Crippen molar-refractivity contribution in [3.05, 3.63) is 45.4 Å². The number of hydrogen-bond donors (Lipinski definition) is 1. The molecule has 0 radical (unpaired) electrons. The quantitative estimate of drug-likeness (QED) is 0.344. The van der Waals surface area contributed by atoms with Gasteiger partial charge in [-0.2, -0.15) is 0 Å². The molecule has 6 nitrogen and oxygen atoms in total. The maximum Gasteiger partial charge on any atom is 0.206 e. The van der Waals surface area contributed by atoms with Crippen LogP contribution in [0.25, 0.3) is 0 Å². The monoisotopic (exact) mass is 462 g/mol. The van der Waals surface area contributed by atoms with Crippen LogP contribution >= 0.6 is 34.4 Å². The molecule has 3 aromatic heterocycles. The van der Waals surface area contributed by atoms with Crippen LogP contribution in [0.15, 0.2) is 27.9 Å². The van der Waals surface area contributed by atoms with Gasteiger partial charge in [0.15, 0.2) is 10.1 Å². The number of anilines is 1. The minimum Gasteiger partial charge on any atom is -0.376 e. The Morgan fingerprint density at radius 3 is 3.07 bits per heavy atom. The Kier molecular flexibility index (Phi) is 7.24. The highest BCUT2D eigenvalue weighted by Crippen LogP contribution is 2.27. The molecule has 0 amide bonds. The van der Waals surface area contributed by atoms with Gasteiger partial charge in [0.1, 0.15) is 0 Å². The third-order valence-electron chi connectivity index (χ3n) is 5.25. The van der Waals surface area contributed by atoms with Crippen LogP contribution in [0.4, 0.5) is 5.13 Å². The molecule has 1 atom stereocenters. The summed E-state index contributed by atoms with van der Waals surface area (Å²) in [5, 5.41) is 14.6. The standard InChI is InChI=1S/C21H26N4O2S3/c1-14-11-18(15(2)25(14)12-16-5-3-9-27-16)19(26)13-29-21-24-23-20(30-21)22-8-7-17-6-4-10-28-17/h4,6,10-11,16H,3,5,7-9,12-13H2,1-2H3,(H,22,23). The fourth-order valence-corrected chi connectivity index (χ4v) is 6.02. The van der Waals surface area contributed by atoms with Crippen LogP contribution < -0.4 is 5.32 Å². The summed E-state index contributed by atoms with van der Waals surface area (Å²) in [6.07, 6.45) is 3.45. The molecule has 30 heavy (non-hydrogen) atoms. The fraction of sp³-hybridized carbons (Fsp3) is 0.476. The average molecular weight is 463 g/mol. The third kappa shape index (κ3) is 5.32. The lowest BCUT2D eigenvalue weighted by Gasteiger charge is -2.14. The van der Waals surface area contributed by atoms with Crippen molar-refractivity contribution in [2.45, 2.75) is 50.1 Å². The molecule has 1 aliphatic rings. The van der Waals surface area contributed by atoms with Gasteiger partial charge in [0, 0.05) is 41.5 Å². The highest BCUT2D eigenvalue weighted by Gasteiger charge is 2.21. The lowest BCUT2D eigenvalue weighted by Crippen LogP contribution is -2.17. The molecular weight excluding hydrogens is 436 g/mol. The Morgan fingerprint density at radius 2 is 2.30 bits per heavy atom. The summed E-state index contributed by atoms with van der Waals surface area (Å²) in [6.45, 7) is 6.59. The second-order valence-corrected chi connectivity index (χ2v) is 10.6. The van der Waals surface area contributed by atoms with Crippen molar-refractivity contribution >= 4 is 45.4 Å². The molecule has 1 unspecified atom stereocenters. The van der Waals surface area contributed by atoms with Gasteiger partial charge in [-0.25, -0.2) is 0 Å². The first-order valence-electron chi connectivity index (χ1n) is 10.1. The number of ketones is 1. The van der Waals surface area contributed by atoms with Crippen LogP contribution in [0, 0.1) is 13.8 Å². The summed E-state index contributed by atoms with van der Waals surface area (Å²) in [5.41, 5.74) is 2.95. The second kappa shape index (κ2) is 10.1. The van der Waals surface area contributed by atoms with Crippen LogP contribution in [0.2, 0.25) is 0 Å². The Bertz CT molecular complexity index is 975. The number of hydrogen-bond acceptors (Lipinski definition) is 8. The summed E-state index contributed by atoms with van der Waals surface area (Å²) in [6, 6.07) is 6.21. The van der Waals surface area contributed by atoms with Crippen molar-refractivity contribution in [1.82, 2.24) is 14.8 Å². The Hall–Kier alpha value is -1.68. The van der Waals surface area contributed by atoms with E-state index in [2.05, 4.69) is 44.5 Å². The molecule has 0 aromatic carbocycles. The van der Waals surface area contributed by atoms with Crippen molar-refractivity contribution in [3.8, 4) is 0 Å². The largest absolute Gasteiger partial charge is 0.376 e. The molecule has 4 rings (SSSR count). The van der Waals surface area contributed by atoms with E-state index in [1.54, 1.807) is 11.3 Å². The highest BCUT2D eigenvalue weighted by molar-refractivity contribution is 8.01. The molecule has 1 fully saturated rings. The van der Waals surface area contributed by atoms with Gasteiger partial charge in [0.05, 0.1) is 11.9 Å². The molecule has 9 heteroatoms. The second-order valence-electron chi connectivity index (χ2n) is 7.37. The number of thioether (sulfide) groups is 1. The minimum atomic E-state index is 0.133. The summed E-state index contributed by atoms with van der Waals surface area (Å²) >= 11 is 4.72. The topological polar surface area (TPSA) is 69.0 Å². The van der Waals surface area contributed by atoms with E-state index < -0.39 is 0 Å². The zero-order chi connectivity index (χ0) is 20.9. The van der Waals surface area contributed by atoms with Gasteiger partial charge < -0.3 is 14.6 Å². The van der Waals surface area contributed by atoms with Crippen molar-refractivity contribution in [2.75, 3.05) is 24.2 Å². The SMILES string of the molecule is Cc1cc(C(=O)CSc2nnc(NCCc3cccs3)s2)c(C)n1CC1CCCO1. The lowest BCUT2D eigenvalue weighted by atomic mass is 10.2. The van der Waals surface area contributed by atoms with E-state index in [4.69, 9.17) is 4.74 Å². The minimum absolute atomic E-state index is 0.133. The number of aryl methyl sites for hydroxylation is 1. The Labute approximate surface area is 189 Å². The first-order chi connectivity index (χ1) is 14.6. The fourth-order valence-electron chi connectivity index (χ4n) is 3.65. The molecule has 4 heterocycles. The van der Waals surface area contributed by atoms with Gasteiger partial charge in [-0.1, -0.05) is 29.2 Å². The molecule has 0 aliphatic carbocycles. The number of rotatable bonds is 10. The van der Waals surface area contributed by atoms with Gasteiger partial charge in [-0.15, -0.1) is 21.5 Å². The van der Waals surface area contributed by atoms with Gasteiger partial charge in [0.2, 0.25) is 5.13 Å². The van der Waals surface area contributed by atoms with Crippen molar-refractivity contribution in [3.63, 3.8) is 0 Å². The zero-order valence-corrected chi connectivity index (χ0v) is 19.7. The molecule has 1 saturated heterocycles. The van der Waals surface area contributed by atoms with Gasteiger partial charge in [0.25, 0.3) is 0 Å². The summed E-state index contributed by atoms with van der Waals surface area (Å²) < 4.78 is 8.80. The zero-order valence-electron chi connectivity index (χ0n) is 17.2. The number of Topliss-reactive ketones (excluding diaryl/α,β-unsaturated/α-hetero) is 1. The molecule has 0 spiro atoms. The Balaban J connectivity index is 1.29. The molecule has 0 bridgehead atoms. The number of nitrogens with zero attached hydrogens (tertiary/aromatic N) is 3. The number of carbonyl (C=O) groups is 1. The van der Waals surface area contributed by atoms with Gasteiger partial charge in [-0.05, 0) is 50.6 Å². The van der Waals surface area contributed by atoms with E-state index in [9.17, 15) is 4.79 Å². The number of aromatic nitrogens is 3. The predicted octanol–water partition coefficient (Wildman–Crippen LogP) is 4.83. The van der Waals surface area contributed by atoms with Gasteiger partial charge >= 0.3 is 0 Å². The number of ether oxygens (including phenoxy) is 1. The smallest absolute Gasteiger partial charge is 0.206 e. The number of nitrogens with one attached hydrogen (secondary N) is 1.